The number of alkyl carbamates (subject to hydrolysis) is 1. The maximum absolute atomic E-state index is 12.0. The fraction of sp³-hybridized carbons (Fsp3) is 0.667. The molecule has 0 bridgehead atoms. The molecule has 27 heavy (non-hydrogen) atoms. The van der Waals surface area contributed by atoms with E-state index < -0.39 is 34.8 Å². The summed E-state index contributed by atoms with van der Waals surface area (Å²) in [6.07, 6.45) is 0.281. The van der Waals surface area contributed by atoms with E-state index in [0.717, 1.165) is 6.08 Å². The average Bonchev–Trinajstić information content (AvgIpc) is 2.60. The van der Waals surface area contributed by atoms with Crippen molar-refractivity contribution in [3.8, 4) is 0 Å². The predicted octanol–water partition coefficient (Wildman–Crippen LogP) is 1.60. The second-order valence-electron chi connectivity index (χ2n) is 6.83. The van der Waals surface area contributed by atoms with Crippen molar-refractivity contribution >= 4 is 24.0 Å². The Balaban J connectivity index is 4.09. The Kier molecular flexibility index (Phi) is 10.1. The van der Waals surface area contributed by atoms with Gasteiger partial charge in [-0.05, 0) is 19.3 Å². The quantitative estimate of drug-likeness (QED) is 0.246. The SMILES string of the molecule is C=CC(=O)OCCNC(=O)OCCOC(=O)CC(C)(C)C(C)(C)C(=O)OC. The normalized spacial score (nSPS) is 11.1. The standard InChI is InChI=1S/C18H29NO8/c1-7-13(20)25-9-8-19-16(23)27-11-10-26-14(21)12-17(2,3)18(4,5)15(22)24-6/h7H,1,8-12H2,2-6H3,(H,19,23). The molecule has 0 saturated carbocycles. The van der Waals surface area contributed by atoms with Crippen molar-refractivity contribution in [3.05, 3.63) is 12.7 Å². The molecule has 0 radical (unpaired) electrons. The first kappa shape index (κ1) is 24.4. The molecule has 0 aromatic heterocycles. The first-order valence-electron chi connectivity index (χ1n) is 8.41. The Morgan fingerprint density at radius 2 is 1.56 bits per heavy atom. The van der Waals surface area contributed by atoms with Crippen molar-refractivity contribution in [2.75, 3.05) is 33.5 Å². The van der Waals surface area contributed by atoms with E-state index in [-0.39, 0.29) is 32.8 Å². The smallest absolute Gasteiger partial charge is 0.407 e. The van der Waals surface area contributed by atoms with Crippen molar-refractivity contribution < 1.29 is 38.1 Å². The molecule has 0 aliphatic rings. The van der Waals surface area contributed by atoms with Gasteiger partial charge in [0.2, 0.25) is 0 Å². The van der Waals surface area contributed by atoms with Crippen LogP contribution in [0, 0.1) is 10.8 Å². The number of carbonyl (C=O) groups excluding carboxylic acids is 4. The van der Waals surface area contributed by atoms with E-state index in [4.69, 9.17) is 14.2 Å². The molecule has 0 fully saturated rings. The number of hydrogen-bond donors (Lipinski definition) is 1. The molecule has 0 heterocycles. The van der Waals surface area contributed by atoms with Crippen LogP contribution in [-0.4, -0.2) is 57.5 Å². The van der Waals surface area contributed by atoms with Gasteiger partial charge >= 0.3 is 24.0 Å². The molecule has 9 heteroatoms. The summed E-state index contributed by atoms with van der Waals surface area (Å²) in [4.78, 5) is 46.0. The van der Waals surface area contributed by atoms with Crippen LogP contribution in [0.1, 0.15) is 34.1 Å². The third kappa shape index (κ3) is 8.57. The monoisotopic (exact) mass is 387 g/mol. The number of methoxy groups -OCH3 is 1. The van der Waals surface area contributed by atoms with Crippen LogP contribution in [0.5, 0.6) is 0 Å². The lowest BCUT2D eigenvalue weighted by Gasteiger charge is -2.38. The fourth-order valence-corrected chi connectivity index (χ4v) is 1.87. The molecule has 1 N–H and O–H groups in total. The largest absolute Gasteiger partial charge is 0.469 e. The van der Waals surface area contributed by atoms with Crippen LogP contribution in [0.25, 0.3) is 0 Å². The van der Waals surface area contributed by atoms with E-state index in [2.05, 4.69) is 16.6 Å². The van der Waals surface area contributed by atoms with Crippen molar-refractivity contribution in [1.82, 2.24) is 5.32 Å². The zero-order valence-corrected chi connectivity index (χ0v) is 16.6. The summed E-state index contributed by atoms with van der Waals surface area (Å²) in [6, 6.07) is 0. The molecular weight excluding hydrogens is 358 g/mol. The fourth-order valence-electron chi connectivity index (χ4n) is 1.87. The lowest BCUT2D eigenvalue weighted by atomic mass is 9.66. The van der Waals surface area contributed by atoms with Crippen LogP contribution >= 0.6 is 0 Å². The minimum absolute atomic E-state index is 0.00400. The van der Waals surface area contributed by atoms with E-state index in [1.807, 2.05) is 0 Å². The molecular formula is C18H29NO8. The first-order valence-corrected chi connectivity index (χ1v) is 8.41. The van der Waals surface area contributed by atoms with Gasteiger partial charge < -0.3 is 24.3 Å². The summed E-state index contributed by atoms with van der Waals surface area (Å²) in [6.45, 7) is 9.99. The summed E-state index contributed by atoms with van der Waals surface area (Å²) in [5.41, 5.74) is -1.58. The van der Waals surface area contributed by atoms with Gasteiger partial charge in [-0.25, -0.2) is 9.59 Å². The second kappa shape index (κ2) is 11.2. The number of esters is 3. The van der Waals surface area contributed by atoms with Gasteiger partial charge in [0.05, 0.1) is 25.5 Å². The van der Waals surface area contributed by atoms with E-state index in [0.29, 0.717) is 0 Å². The van der Waals surface area contributed by atoms with Crippen LogP contribution in [0.2, 0.25) is 0 Å². The average molecular weight is 387 g/mol. The Labute approximate surface area is 159 Å². The number of hydrogen-bond acceptors (Lipinski definition) is 8. The molecule has 1 amide bonds. The summed E-state index contributed by atoms with van der Waals surface area (Å²) in [5.74, 6) is -1.52. The Hall–Kier alpha value is -2.58. The van der Waals surface area contributed by atoms with E-state index in [9.17, 15) is 19.2 Å². The van der Waals surface area contributed by atoms with E-state index >= 15 is 0 Å². The van der Waals surface area contributed by atoms with Crippen LogP contribution in [0.4, 0.5) is 4.79 Å². The molecule has 0 unspecified atom stereocenters. The van der Waals surface area contributed by atoms with Gasteiger partial charge in [-0.3, -0.25) is 9.59 Å². The zero-order valence-electron chi connectivity index (χ0n) is 16.6. The zero-order chi connectivity index (χ0) is 21.1. The van der Waals surface area contributed by atoms with E-state index in [1.54, 1.807) is 27.7 Å². The molecule has 0 spiro atoms. The molecule has 0 aliphatic heterocycles. The van der Waals surface area contributed by atoms with Crippen LogP contribution in [0.3, 0.4) is 0 Å². The highest BCUT2D eigenvalue weighted by molar-refractivity contribution is 5.81. The van der Waals surface area contributed by atoms with Crippen LogP contribution < -0.4 is 5.32 Å². The number of carbonyl (C=O) groups is 4. The van der Waals surface area contributed by atoms with Crippen LogP contribution in [0.15, 0.2) is 12.7 Å². The first-order chi connectivity index (χ1) is 12.5. The molecule has 9 nitrogen and oxygen atoms in total. The van der Waals surface area contributed by atoms with Crippen LogP contribution in [-0.2, 0) is 33.3 Å². The Bertz CT molecular complexity index is 554. The van der Waals surface area contributed by atoms with Crippen molar-refractivity contribution in [3.63, 3.8) is 0 Å². The Morgan fingerprint density at radius 1 is 0.963 bits per heavy atom. The molecule has 0 aliphatic carbocycles. The van der Waals surface area contributed by atoms with Gasteiger partial charge in [0.1, 0.15) is 19.8 Å². The lowest BCUT2D eigenvalue weighted by Crippen LogP contribution is -2.42. The third-order valence-electron chi connectivity index (χ3n) is 4.34. The van der Waals surface area contributed by atoms with Crippen molar-refractivity contribution in [1.29, 1.82) is 0 Å². The number of amides is 1. The molecule has 0 aromatic rings. The van der Waals surface area contributed by atoms with Gasteiger partial charge in [0.15, 0.2) is 0 Å². The maximum atomic E-state index is 12.0. The third-order valence-corrected chi connectivity index (χ3v) is 4.34. The van der Waals surface area contributed by atoms with Gasteiger partial charge in [0.25, 0.3) is 0 Å². The summed E-state index contributed by atoms with van der Waals surface area (Å²) < 4.78 is 19.3. The highest BCUT2D eigenvalue weighted by Gasteiger charge is 2.45. The van der Waals surface area contributed by atoms with Gasteiger partial charge in [0, 0.05) is 6.08 Å². The molecule has 0 rings (SSSR count). The molecule has 0 aromatic carbocycles. The minimum atomic E-state index is -0.883. The van der Waals surface area contributed by atoms with Gasteiger partial charge in [-0.2, -0.15) is 0 Å². The number of nitrogens with one attached hydrogen (secondary N) is 1. The lowest BCUT2D eigenvalue weighted by molar-refractivity contribution is -0.161. The highest BCUT2D eigenvalue weighted by Crippen LogP contribution is 2.42. The second-order valence-corrected chi connectivity index (χ2v) is 6.83. The summed E-state index contributed by atoms with van der Waals surface area (Å²) in [7, 11) is 1.30. The van der Waals surface area contributed by atoms with E-state index in [1.165, 1.54) is 7.11 Å². The molecule has 0 atom stereocenters. The van der Waals surface area contributed by atoms with Crippen molar-refractivity contribution in [2.45, 2.75) is 34.1 Å². The molecule has 0 saturated heterocycles. The predicted molar refractivity (Wildman–Crippen MR) is 95.7 cm³/mol. The summed E-state index contributed by atoms with van der Waals surface area (Å²) >= 11 is 0. The minimum Gasteiger partial charge on any atom is -0.469 e. The van der Waals surface area contributed by atoms with Gasteiger partial charge in [-0.15, -0.1) is 0 Å². The van der Waals surface area contributed by atoms with Crippen molar-refractivity contribution in [2.24, 2.45) is 10.8 Å². The highest BCUT2D eigenvalue weighted by atomic mass is 16.6. The summed E-state index contributed by atoms with van der Waals surface area (Å²) in [5, 5.41) is 2.36. The maximum Gasteiger partial charge on any atom is 0.407 e. The van der Waals surface area contributed by atoms with Gasteiger partial charge in [-0.1, -0.05) is 20.4 Å². The number of ether oxygens (including phenoxy) is 4. The Morgan fingerprint density at radius 3 is 2.11 bits per heavy atom. The molecule has 154 valence electrons. The number of rotatable bonds is 11. The topological polar surface area (TPSA) is 117 Å².